The van der Waals surface area contributed by atoms with Gasteiger partial charge in [-0.25, -0.2) is 0 Å². The first-order valence-corrected chi connectivity index (χ1v) is 39.0. The molecule has 0 saturated carbocycles. The lowest BCUT2D eigenvalue weighted by molar-refractivity contribution is 1.17. The van der Waals surface area contributed by atoms with E-state index in [1.54, 1.807) is 0 Å². The van der Waals surface area contributed by atoms with Crippen LogP contribution in [0.25, 0.3) is 154 Å². The smallest absolute Gasteiger partial charge is 0.0541 e. The van der Waals surface area contributed by atoms with Gasteiger partial charge in [0.25, 0.3) is 0 Å². The Morgan fingerprint density at radius 2 is 0.333 bits per heavy atom. The average Bonchev–Trinajstić information content (AvgIpc) is 1.59. The van der Waals surface area contributed by atoms with Gasteiger partial charge in [-0.1, -0.05) is 255 Å². The summed E-state index contributed by atoms with van der Waals surface area (Å²) in [4.78, 5) is 4.66. The predicted octanol–water partition coefficient (Wildman–Crippen LogP) is 29.4. The normalized spacial score (nSPS) is 11.5. The van der Waals surface area contributed by atoms with Crippen molar-refractivity contribution in [3.63, 3.8) is 0 Å². The fourth-order valence-corrected chi connectivity index (χ4v) is 17.3. The summed E-state index contributed by atoms with van der Waals surface area (Å²) in [6, 6.07) is 162. The van der Waals surface area contributed by atoms with Gasteiger partial charge in [0.2, 0.25) is 0 Å². The van der Waals surface area contributed by atoms with Crippen LogP contribution in [0.2, 0.25) is 0 Å². The molecule has 0 unspecified atom stereocenters. The molecule has 0 bridgehead atoms. The van der Waals surface area contributed by atoms with E-state index in [0.717, 1.165) is 45.5 Å². The van der Waals surface area contributed by atoms with Crippen molar-refractivity contribution in [1.29, 1.82) is 0 Å². The topological polar surface area (TPSA) is 26.2 Å². The molecule has 0 atom stereocenters. The summed E-state index contributed by atoms with van der Waals surface area (Å²) in [7, 11) is 0. The second-order valence-electron chi connectivity index (χ2n) is 29.2. The summed E-state index contributed by atoms with van der Waals surface area (Å²) >= 11 is 0. The highest BCUT2D eigenvalue weighted by molar-refractivity contribution is 6.15. The second kappa shape index (κ2) is 28.6. The first kappa shape index (κ1) is 66.9. The average molecular weight is 1460 g/mol. The minimum atomic E-state index is 1.10. The third kappa shape index (κ3) is 11.9. The number of rotatable bonds is 14. The van der Waals surface area contributed by atoms with Gasteiger partial charge in [0.15, 0.2) is 0 Å². The number of hydrogen-bond donors (Lipinski definition) is 0. The van der Waals surface area contributed by atoms with Crippen molar-refractivity contribution >= 4 is 121 Å². The Balaban J connectivity index is 0.000000143. The number of anilines is 6. The number of fused-ring (bicyclic) bond motifs is 12. The Hall–Kier alpha value is -15.2. The molecule has 0 amide bonds. The minimum Gasteiger partial charge on any atom is -0.311 e. The molecule has 536 valence electrons. The molecule has 0 aliphatic heterocycles. The van der Waals surface area contributed by atoms with Crippen molar-refractivity contribution in [3.8, 4) is 67.3 Å². The van der Waals surface area contributed by atoms with Gasteiger partial charge in [-0.15, -0.1) is 0 Å². The van der Waals surface area contributed by atoms with Gasteiger partial charge in [-0.3, -0.25) is 0 Å². The molecule has 6 nitrogen and oxygen atoms in total. The second-order valence-corrected chi connectivity index (χ2v) is 29.2. The summed E-state index contributed by atoms with van der Waals surface area (Å²) in [5.74, 6) is 0. The van der Waals surface area contributed by atoms with Crippen LogP contribution in [0, 0.1) is 0 Å². The van der Waals surface area contributed by atoms with Crippen LogP contribution in [0.5, 0.6) is 0 Å². The minimum absolute atomic E-state index is 1.10. The molecule has 22 rings (SSSR count). The van der Waals surface area contributed by atoms with E-state index in [-0.39, 0.29) is 0 Å². The zero-order valence-corrected chi connectivity index (χ0v) is 62.4. The van der Waals surface area contributed by atoms with Gasteiger partial charge < -0.3 is 28.1 Å². The maximum atomic E-state index is 2.40. The van der Waals surface area contributed by atoms with E-state index >= 15 is 0 Å². The van der Waals surface area contributed by atoms with Crippen molar-refractivity contribution in [2.45, 2.75) is 0 Å². The summed E-state index contributed by atoms with van der Waals surface area (Å²) in [6.07, 6.45) is 0. The standard InChI is InChI=1S/2C54H37N3/c1-4-15-38(16-5-1)39-17-14-22-46(35-39)55(42-18-6-2-7-19-42)44-29-31-45(32-30-44)57-52-26-13-11-24-48(52)50-37-41(28-34-54(50)57)40-27-33-53-49(36-40)47-23-10-12-25-51(47)56(53)43-20-8-3-9-21-43;1-4-14-38(15-5-1)39-24-28-44(29-25-39)55(42-16-6-2-7-17-42)45-30-32-46(33-31-45)57-52-23-13-11-21-48(52)50-37-41(27-35-54(50)57)40-26-34-53-49(36-40)47-20-10-12-22-51(47)56(53)43-18-8-3-9-19-43/h2*1-37H. The first-order chi connectivity index (χ1) is 56.6. The molecule has 0 spiro atoms. The molecule has 6 heteroatoms. The Morgan fingerprint density at radius 1 is 0.123 bits per heavy atom. The van der Waals surface area contributed by atoms with Crippen molar-refractivity contribution in [2.75, 3.05) is 9.80 Å². The van der Waals surface area contributed by atoms with Crippen molar-refractivity contribution in [3.05, 3.63) is 449 Å². The number of nitrogens with zero attached hydrogens (tertiary/aromatic N) is 6. The molecular weight excluding hydrogens is 1380 g/mol. The molecule has 4 heterocycles. The van der Waals surface area contributed by atoms with E-state index in [2.05, 4.69) is 477 Å². The quantitative estimate of drug-likeness (QED) is 0.108. The maximum Gasteiger partial charge on any atom is 0.0541 e. The molecule has 22 aromatic rings. The van der Waals surface area contributed by atoms with Crippen LogP contribution in [0.4, 0.5) is 34.1 Å². The fourth-order valence-electron chi connectivity index (χ4n) is 17.3. The van der Waals surface area contributed by atoms with Gasteiger partial charge in [-0.05, 0) is 239 Å². The molecule has 0 fully saturated rings. The highest BCUT2D eigenvalue weighted by Crippen LogP contribution is 2.45. The van der Waals surface area contributed by atoms with E-state index in [4.69, 9.17) is 0 Å². The van der Waals surface area contributed by atoms with Gasteiger partial charge in [0.1, 0.15) is 0 Å². The molecular formula is C108H74N6. The predicted molar refractivity (Wildman–Crippen MR) is 481 cm³/mol. The highest BCUT2D eigenvalue weighted by atomic mass is 15.2. The highest BCUT2D eigenvalue weighted by Gasteiger charge is 2.22. The van der Waals surface area contributed by atoms with Crippen LogP contribution in [0.15, 0.2) is 449 Å². The monoisotopic (exact) mass is 1450 g/mol. The van der Waals surface area contributed by atoms with Crippen molar-refractivity contribution in [2.24, 2.45) is 0 Å². The van der Waals surface area contributed by atoms with E-state index in [1.807, 2.05) is 0 Å². The van der Waals surface area contributed by atoms with Crippen LogP contribution in [0.1, 0.15) is 0 Å². The number of hydrogen-bond acceptors (Lipinski definition) is 2. The zero-order valence-electron chi connectivity index (χ0n) is 62.4. The third-order valence-corrected chi connectivity index (χ3v) is 22.6. The summed E-state index contributed by atoms with van der Waals surface area (Å²) in [6.45, 7) is 0. The Bertz CT molecular complexity index is 7290. The van der Waals surface area contributed by atoms with Crippen LogP contribution in [0.3, 0.4) is 0 Å². The molecule has 0 radical (unpaired) electrons. The lowest BCUT2D eigenvalue weighted by Gasteiger charge is -2.26. The third-order valence-electron chi connectivity index (χ3n) is 22.6. The maximum absolute atomic E-state index is 2.40. The molecule has 0 saturated heterocycles. The first-order valence-electron chi connectivity index (χ1n) is 39.0. The van der Waals surface area contributed by atoms with Gasteiger partial charge in [0, 0.05) is 100.0 Å². The molecule has 4 aromatic heterocycles. The Kier molecular flexibility index (Phi) is 16.8. The number of benzene rings is 18. The number of para-hydroxylation sites is 8. The van der Waals surface area contributed by atoms with Crippen LogP contribution in [-0.4, -0.2) is 18.3 Å². The lowest BCUT2D eigenvalue weighted by atomic mass is 10.0. The Morgan fingerprint density at radius 3 is 0.675 bits per heavy atom. The molecule has 0 aliphatic rings. The summed E-state index contributed by atoms with van der Waals surface area (Å²) < 4.78 is 9.54. The summed E-state index contributed by atoms with van der Waals surface area (Å²) in [5, 5.41) is 9.99. The van der Waals surface area contributed by atoms with Crippen LogP contribution < -0.4 is 9.80 Å². The van der Waals surface area contributed by atoms with Crippen molar-refractivity contribution in [1.82, 2.24) is 18.3 Å². The van der Waals surface area contributed by atoms with E-state index < -0.39 is 0 Å². The molecule has 18 aromatic carbocycles. The lowest BCUT2D eigenvalue weighted by Crippen LogP contribution is -2.10. The van der Waals surface area contributed by atoms with Crippen molar-refractivity contribution < 1.29 is 0 Å². The fraction of sp³-hybridized carbons (Fsp3) is 0. The molecule has 114 heavy (non-hydrogen) atoms. The van der Waals surface area contributed by atoms with E-state index in [0.29, 0.717) is 0 Å². The van der Waals surface area contributed by atoms with E-state index in [9.17, 15) is 0 Å². The van der Waals surface area contributed by atoms with Crippen LogP contribution in [-0.2, 0) is 0 Å². The largest absolute Gasteiger partial charge is 0.311 e. The Labute approximate surface area is 661 Å². The van der Waals surface area contributed by atoms with Crippen LogP contribution >= 0.6 is 0 Å². The van der Waals surface area contributed by atoms with Gasteiger partial charge >= 0.3 is 0 Å². The SMILES string of the molecule is c1ccc(-c2ccc(N(c3ccccc3)c3ccc(-n4c5ccccc5c5cc(-c6ccc7c(c6)c6ccccc6n7-c6ccccc6)ccc54)cc3)cc2)cc1.c1ccc(-c2cccc(N(c3ccccc3)c3ccc(-n4c5ccccc5c5cc(-c6ccc7c(c6)c6ccccc6n7-c6ccccc6)ccc54)cc3)c2)cc1. The molecule has 0 aliphatic carbocycles. The summed E-state index contributed by atoms with van der Waals surface area (Å²) in [5.41, 5.74) is 30.5. The van der Waals surface area contributed by atoms with Gasteiger partial charge in [-0.2, -0.15) is 0 Å². The number of aromatic nitrogens is 4. The zero-order chi connectivity index (χ0) is 75.4. The molecule has 0 N–H and O–H groups in total. The van der Waals surface area contributed by atoms with E-state index in [1.165, 1.54) is 143 Å². The van der Waals surface area contributed by atoms with Gasteiger partial charge in [0.05, 0.1) is 44.1 Å².